The summed E-state index contributed by atoms with van der Waals surface area (Å²) in [6, 6.07) is 6.83. The number of rotatable bonds is 5. The van der Waals surface area contributed by atoms with Gasteiger partial charge in [-0.3, -0.25) is 4.40 Å². The minimum Gasteiger partial charge on any atom is -0.492 e. The van der Waals surface area contributed by atoms with Crippen molar-refractivity contribution in [1.82, 2.24) is 34.3 Å². The molecule has 1 fully saturated rings. The molecule has 0 atom stereocenters. The van der Waals surface area contributed by atoms with Gasteiger partial charge in [-0.25, -0.2) is 9.37 Å². The molecule has 0 bridgehead atoms. The summed E-state index contributed by atoms with van der Waals surface area (Å²) >= 11 is 0. The minimum atomic E-state index is -0.366. The molecule has 9 nitrogen and oxygen atoms in total. The molecule has 0 aliphatic carbocycles. The lowest BCUT2D eigenvalue weighted by molar-refractivity contribution is 0.0532. The summed E-state index contributed by atoms with van der Waals surface area (Å²) < 4.78 is 30.5. The Kier molecular flexibility index (Phi) is 5.40. The highest BCUT2D eigenvalue weighted by molar-refractivity contribution is 5.91. The van der Waals surface area contributed by atoms with Gasteiger partial charge in [-0.2, -0.15) is 5.10 Å². The lowest BCUT2D eigenvalue weighted by Crippen LogP contribution is -2.32. The first-order chi connectivity index (χ1) is 17.5. The second kappa shape index (κ2) is 8.63. The summed E-state index contributed by atoms with van der Waals surface area (Å²) in [5.74, 6) is 0.961. The minimum absolute atomic E-state index is 0.156. The average molecular weight is 488 g/mol. The van der Waals surface area contributed by atoms with Crippen molar-refractivity contribution in [3.8, 4) is 28.0 Å². The third-order valence-corrected chi connectivity index (χ3v) is 7.19. The topological polar surface area (TPSA) is 92.2 Å². The van der Waals surface area contributed by atoms with Crippen molar-refractivity contribution >= 4 is 16.8 Å². The zero-order valence-corrected chi connectivity index (χ0v) is 20.4. The Hall–Kier alpha value is -3.92. The van der Waals surface area contributed by atoms with Gasteiger partial charge in [0, 0.05) is 48.1 Å². The SMILES string of the molecule is CCn1cnc2c(-c3ccc(F)c(-c4ccn5c(C6(C)CCOCC6)nnc5c4OC)c3)cnnc21. The Morgan fingerprint density at radius 2 is 1.89 bits per heavy atom. The van der Waals surface area contributed by atoms with Gasteiger partial charge in [-0.05, 0) is 43.5 Å². The molecule has 4 aromatic heterocycles. The molecule has 0 saturated carbocycles. The fraction of sp³-hybridized carbons (Fsp3) is 0.346. The molecule has 10 heteroatoms. The summed E-state index contributed by atoms with van der Waals surface area (Å²) in [5.41, 5.74) is 4.37. The van der Waals surface area contributed by atoms with Crippen molar-refractivity contribution in [3.05, 3.63) is 54.6 Å². The van der Waals surface area contributed by atoms with Gasteiger partial charge in [0.1, 0.15) is 17.2 Å². The Labute approximate surface area is 206 Å². The molecule has 0 N–H and O–H groups in total. The van der Waals surface area contributed by atoms with Crippen molar-refractivity contribution in [2.45, 2.75) is 38.6 Å². The lowest BCUT2D eigenvalue weighted by Gasteiger charge is -2.31. The lowest BCUT2D eigenvalue weighted by atomic mass is 9.81. The quantitative estimate of drug-likeness (QED) is 0.362. The van der Waals surface area contributed by atoms with Crippen molar-refractivity contribution in [2.24, 2.45) is 0 Å². The van der Waals surface area contributed by atoms with E-state index in [0.29, 0.717) is 41.4 Å². The van der Waals surface area contributed by atoms with Crippen LogP contribution in [0.1, 0.15) is 32.5 Å². The first-order valence-electron chi connectivity index (χ1n) is 12.0. The number of pyridine rings is 1. The number of fused-ring (bicyclic) bond motifs is 2. The number of halogens is 1. The maximum Gasteiger partial charge on any atom is 0.203 e. The normalized spacial score (nSPS) is 15.6. The summed E-state index contributed by atoms with van der Waals surface area (Å²) in [7, 11) is 1.57. The Bertz CT molecular complexity index is 1590. The average Bonchev–Trinajstić information content (AvgIpc) is 3.53. The first kappa shape index (κ1) is 22.5. The van der Waals surface area contributed by atoms with E-state index >= 15 is 4.39 Å². The van der Waals surface area contributed by atoms with Gasteiger partial charge >= 0.3 is 0 Å². The highest BCUT2D eigenvalue weighted by Gasteiger charge is 2.34. The summed E-state index contributed by atoms with van der Waals surface area (Å²) in [6.07, 6.45) is 7.01. The van der Waals surface area contributed by atoms with Crippen LogP contribution in [0.5, 0.6) is 5.75 Å². The van der Waals surface area contributed by atoms with Crippen molar-refractivity contribution in [3.63, 3.8) is 0 Å². The van der Waals surface area contributed by atoms with Gasteiger partial charge in [0.05, 0.1) is 19.6 Å². The van der Waals surface area contributed by atoms with Gasteiger partial charge in [0.15, 0.2) is 11.4 Å². The molecular formula is C26H26FN7O2. The highest BCUT2D eigenvalue weighted by atomic mass is 19.1. The molecule has 5 aromatic rings. The van der Waals surface area contributed by atoms with E-state index in [4.69, 9.17) is 9.47 Å². The molecule has 6 rings (SSSR count). The third-order valence-electron chi connectivity index (χ3n) is 7.19. The van der Waals surface area contributed by atoms with Crippen LogP contribution in [0.4, 0.5) is 4.39 Å². The molecule has 0 amide bonds. The van der Waals surface area contributed by atoms with E-state index in [0.717, 1.165) is 41.9 Å². The number of ether oxygens (including phenoxy) is 2. The van der Waals surface area contributed by atoms with Crippen LogP contribution >= 0.6 is 0 Å². The third kappa shape index (κ3) is 3.43. The number of hydrogen-bond donors (Lipinski definition) is 0. The largest absolute Gasteiger partial charge is 0.492 e. The zero-order chi connectivity index (χ0) is 24.9. The van der Waals surface area contributed by atoms with Crippen molar-refractivity contribution in [2.75, 3.05) is 20.3 Å². The molecule has 0 spiro atoms. The van der Waals surface area contributed by atoms with Gasteiger partial charge in [0.2, 0.25) is 5.65 Å². The molecule has 1 aliphatic heterocycles. The molecule has 36 heavy (non-hydrogen) atoms. The van der Waals surface area contributed by atoms with Crippen LogP contribution in [0.25, 0.3) is 39.1 Å². The molecule has 0 unspecified atom stereocenters. The Morgan fingerprint density at radius 1 is 1.06 bits per heavy atom. The summed E-state index contributed by atoms with van der Waals surface area (Å²) in [5, 5.41) is 17.4. The molecule has 1 aromatic carbocycles. The van der Waals surface area contributed by atoms with Gasteiger partial charge in [0.25, 0.3) is 0 Å². The monoisotopic (exact) mass is 487 g/mol. The van der Waals surface area contributed by atoms with E-state index in [1.165, 1.54) is 6.07 Å². The van der Waals surface area contributed by atoms with E-state index in [1.54, 1.807) is 31.8 Å². The van der Waals surface area contributed by atoms with Crippen LogP contribution in [-0.2, 0) is 16.7 Å². The number of imidazole rings is 1. The molecule has 1 saturated heterocycles. The second-order valence-corrected chi connectivity index (χ2v) is 9.31. The van der Waals surface area contributed by atoms with E-state index in [2.05, 4.69) is 32.3 Å². The van der Waals surface area contributed by atoms with Crippen molar-refractivity contribution in [1.29, 1.82) is 0 Å². The van der Waals surface area contributed by atoms with Gasteiger partial charge in [-0.1, -0.05) is 13.0 Å². The fourth-order valence-corrected chi connectivity index (χ4v) is 5.02. The van der Waals surface area contributed by atoms with Crippen molar-refractivity contribution < 1.29 is 13.9 Å². The van der Waals surface area contributed by atoms with E-state index in [9.17, 15) is 0 Å². The Morgan fingerprint density at radius 3 is 2.67 bits per heavy atom. The van der Waals surface area contributed by atoms with Gasteiger partial charge < -0.3 is 14.0 Å². The first-order valence-corrected chi connectivity index (χ1v) is 12.0. The Balaban J connectivity index is 1.49. The molecule has 0 radical (unpaired) electrons. The standard InChI is InChI=1S/C26H26FN7O2/c1-4-33-15-28-21-19(14-29-30-23(21)33)16-5-6-20(27)18(13-16)17-7-10-34-24(22(17)35-3)31-32-25(34)26(2)8-11-36-12-9-26/h5-7,10,13-15H,4,8-9,11-12H2,1-3H3. The fourth-order valence-electron chi connectivity index (χ4n) is 5.02. The molecule has 184 valence electrons. The molecule has 5 heterocycles. The number of methoxy groups -OCH3 is 1. The summed E-state index contributed by atoms with van der Waals surface area (Å²) in [6.45, 7) is 6.30. The summed E-state index contributed by atoms with van der Waals surface area (Å²) in [4.78, 5) is 4.53. The van der Waals surface area contributed by atoms with Crippen LogP contribution in [0, 0.1) is 5.82 Å². The number of nitrogens with zero attached hydrogens (tertiary/aromatic N) is 7. The zero-order valence-electron chi connectivity index (χ0n) is 20.4. The second-order valence-electron chi connectivity index (χ2n) is 9.31. The number of benzene rings is 1. The number of aryl methyl sites for hydroxylation is 1. The van der Waals surface area contributed by atoms with Crippen LogP contribution in [0.15, 0.2) is 43.0 Å². The van der Waals surface area contributed by atoms with Crippen LogP contribution in [-0.4, -0.2) is 54.7 Å². The number of aromatic nitrogens is 7. The van der Waals surface area contributed by atoms with Crippen LogP contribution < -0.4 is 4.74 Å². The molecular weight excluding hydrogens is 461 g/mol. The maximum absolute atomic E-state index is 15.3. The predicted molar refractivity (Wildman–Crippen MR) is 132 cm³/mol. The van der Waals surface area contributed by atoms with E-state index in [-0.39, 0.29) is 11.2 Å². The highest BCUT2D eigenvalue weighted by Crippen LogP contribution is 2.40. The van der Waals surface area contributed by atoms with E-state index in [1.807, 2.05) is 28.2 Å². The van der Waals surface area contributed by atoms with Crippen LogP contribution in [0.2, 0.25) is 0 Å². The van der Waals surface area contributed by atoms with Crippen LogP contribution in [0.3, 0.4) is 0 Å². The van der Waals surface area contributed by atoms with E-state index < -0.39 is 0 Å². The molecule has 1 aliphatic rings. The number of hydrogen-bond acceptors (Lipinski definition) is 7. The smallest absolute Gasteiger partial charge is 0.203 e. The predicted octanol–water partition coefficient (Wildman–Crippen LogP) is 4.44. The van der Waals surface area contributed by atoms with Gasteiger partial charge in [-0.15, -0.1) is 15.3 Å². The maximum atomic E-state index is 15.3.